The molecule has 0 bridgehead atoms. The van der Waals surface area contributed by atoms with Crippen LogP contribution in [0, 0.1) is 0 Å². The highest BCUT2D eigenvalue weighted by Gasteiger charge is 2.16. The third-order valence-corrected chi connectivity index (χ3v) is 2.62. The molecule has 88 valence electrons. The Bertz CT molecular complexity index is 791. The van der Waals surface area contributed by atoms with Crippen LogP contribution >= 0.6 is 0 Å². The van der Waals surface area contributed by atoms with Gasteiger partial charge >= 0.3 is 5.97 Å². The number of para-hydroxylation sites is 2. The number of aromatic carboxylic acids is 1. The molecule has 0 saturated heterocycles. The molecule has 2 aliphatic rings. The number of benzene rings is 2. The first-order valence-electron chi connectivity index (χ1n) is 5.22. The smallest absolute Gasteiger partial charge is 0.339 e. The highest BCUT2D eigenvalue weighted by Crippen LogP contribution is 2.23. The van der Waals surface area contributed by atoms with Gasteiger partial charge in [-0.25, -0.2) is 9.78 Å². The minimum atomic E-state index is -1.27. The molecule has 0 unspecified atom stereocenters. The fraction of sp³-hybridized carbons (Fsp3) is 0. The third-order valence-electron chi connectivity index (χ3n) is 2.62. The fourth-order valence-corrected chi connectivity index (χ4v) is 1.77. The lowest BCUT2D eigenvalue weighted by Gasteiger charge is -2.06. The highest BCUT2D eigenvalue weighted by atomic mass is 16.4. The number of aromatic nitrogens is 1. The van der Waals surface area contributed by atoms with Crippen molar-refractivity contribution in [3.05, 3.63) is 52.2 Å². The molecule has 0 aromatic heterocycles. The van der Waals surface area contributed by atoms with Crippen LogP contribution < -0.4 is 5.43 Å². The van der Waals surface area contributed by atoms with Crippen molar-refractivity contribution >= 4 is 17.1 Å². The van der Waals surface area contributed by atoms with Crippen LogP contribution in [0.1, 0.15) is 10.4 Å². The Kier molecular flexibility index (Phi) is 2.13. The van der Waals surface area contributed by atoms with Gasteiger partial charge in [-0.1, -0.05) is 12.1 Å². The minimum absolute atomic E-state index is 0.281. The van der Waals surface area contributed by atoms with E-state index in [1.165, 1.54) is 6.07 Å². The van der Waals surface area contributed by atoms with Crippen molar-refractivity contribution in [1.82, 2.24) is 4.98 Å². The summed E-state index contributed by atoms with van der Waals surface area (Å²) in [5.74, 6) is -0.986. The monoisotopic (exact) mass is 241 g/mol. The van der Waals surface area contributed by atoms with Gasteiger partial charge in [-0.05, 0) is 18.2 Å². The highest BCUT2D eigenvalue weighted by molar-refractivity contribution is 5.89. The first kappa shape index (κ1) is 10.5. The molecule has 0 fully saturated rings. The summed E-state index contributed by atoms with van der Waals surface area (Å²) in [7, 11) is 0. The Morgan fingerprint density at radius 3 is 2.78 bits per heavy atom. The standard InChI is InChI=1S/C13H7NO4/c15-10-6-12-9(5-7(10)13(16)17)14-8-3-1-2-4-11(8)18-12/h1-6H,(H,16,17). The maximum absolute atomic E-state index is 11.5. The van der Waals surface area contributed by atoms with Gasteiger partial charge in [-0.2, -0.15) is 0 Å². The van der Waals surface area contributed by atoms with Gasteiger partial charge in [0.1, 0.15) is 16.8 Å². The Morgan fingerprint density at radius 1 is 1.22 bits per heavy atom. The summed E-state index contributed by atoms with van der Waals surface area (Å²) >= 11 is 0. The molecular weight excluding hydrogens is 234 g/mol. The summed E-state index contributed by atoms with van der Waals surface area (Å²) in [6.07, 6.45) is 0. The Labute approximate surface area is 101 Å². The van der Waals surface area contributed by atoms with Gasteiger partial charge in [0.25, 0.3) is 0 Å². The normalized spacial score (nSPS) is 10.9. The molecule has 0 radical (unpaired) electrons. The topological polar surface area (TPSA) is 80.4 Å². The van der Waals surface area contributed by atoms with Crippen LogP contribution in [-0.4, -0.2) is 16.1 Å². The van der Waals surface area contributed by atoms with E-state index in [0.717, 1.165) is 6.07 Å². The lowest BCUT2D eigenvalue weighted by molar-refractivity contribution is 0.0695. The number of fused-ring (bicyclic) bond motifs is 2. The van der Waals surface area contributed by atoms with E-state index >= 15 is 0 Å². The van der Waals surface area contributed by atoms with E-state index in [-0.39, 0.29) is 11.3 Å². The van der Waals surface area contributed by atoms with Gasteiger partial charge in [0, 0.05) is 6.07 Å². The van der Waals surface area contributed by atoms with Crippen LogP contribution in [0.25, 0.3) is 22.6 Å². The first-order chi connectivity index (χ1) is 8.65. The zero-order valence-electron chi connectivity index (χ0n) is 9.08. The van der Waals surface area contributed by atoms with Crippen LogP contribution in [0.2, 0.25) is 0 Å². The molecule has 0 saturated carbocycles. The summed E-state index contributed by atoms with van der Waals surface area (Å²) < 4.78 is 5.51. The van der Waals surface area contributed by atoms with E-state index in [9.17, 15) is 9.59 Å². The van der Waals surface area contributed by atoms with E-state index in [2.05, 4.69) is 4.98 Å². The molecule has 1 aliphatic carbocycles. The average Bonchev–Trinajstić information content (AvgIpc) is 2.35. The van der Waals surface area contributed by atoms with Gasteiger partial charge in [-0.3, -0.25) is 4.79 Å². The van der Waals surface area contributed by atoms with Crippen LogP contribution in [0.15, 0.2) is 45.6 Å². The van der Waals surface area contributed by atoms with Gasteiger partial charge in [0.15, 0.2) is 16.8 Å². The van der Waals surface area contributed by atoms with E-state index in [1.54, 1.807) is 24.3 Å². The number of rotatable bonds is 1. The summed E-state index contributed by atoms with van der Waals surface area (Å²) in [5.41, 5.74) is 0.620. The molecule has 1 heterocycles. The number of hydrogen-bond donors (Lipinski definition) is 1. The van der Waals surface area contributed by atoms with E-state index in [1.807, 2.05) is 0 Å². The number of carbonyl (C=O) groups is 1. The van der Waals surface area contributed by atoms with Gasteiger partial charge in [-0.15, -0.1) is 0 Å². The molecule has 5 heteroatoms. The molecular formula is C13H7NO4. The zero-order chi connectivity index (χ0) is 12.7. The van der Waals surface area contributed by atoms with Crippen LogP contribution in [0.4, 0.5) is 0 Å². The van der Waals surface area contributed by atoms with E-state index in [4.69, 9.17) is 9.52 Å². The molecule has 0 atom stereocenters. The summed E-state index contributed by atoms with van der Waals surface area (Å²) in [4.78, 5) is 26.7. The number of carboxylic acids is 1. The number of nitrogens with zero attached hydrogens (tertiary/aromatic N) is 1. The van der Waals surface area contributed by atoms with Crippen molar-refractivity contribution in [1.29, 1.82) is 0 Å². The molecule has 0 spiro atoms. The van der Waals surface area contributed by atoms with Crippen molar-refractivity contribution in [3.8, 4) is 11.5 Å². The maximum Gasteiger partial charge on any atom is 0.339 e. The second kappa shape index (κ2) is 3.66. The minimum Gasteiger partial charge on any atom is -0.478 e. The second-order valence-corrected chi connectivity index (χ2v) is 3.80. The lowest BCUT2D eigenvalue weighted by Crippen LogP contribution is -2.14. The predicted molar refractivity (Wildman–Crippen MR) is 63.9 cm³/mol. The number of hydrogen-bond acceptors (Lipinski definition) is 4. The van der Waals surface area contributed by atoms with E-state index in [0.29, 0.717) is 16.8 Å². The summed E-state index contributed by atoms with van der Waals surface area (Å²) in [6, 6.07) is 9.47. The molecule has 1 N–H and O–H groups in total. The molecule has 5 nitrogen and oxygen atoms in total. The van der Waals surface area contributed by atoms with E-state index < -0.39 is 11.4 Å². The second-order valence-electron chi connectivity index (χ2n) is 3.80. The molecule has 0 amide bonds. The largest absolute Gasteiger partial charge is 0.478 e. The SMILES string of the molecule is O=C(O)c1cc2nc3ccccc3oc-2cc1=O. The van der Waals surface area contributed by atoms with Crippen LogP contribution in [-0.2, 0) is 0 Å². The molecule has 1 aromatic rings. The van der Waals surface area contributed by atoms with Crippen molar-refractivity contribution < 1.29 is 14.3 Å². The Morgan fingerprint density at radius 2 is 2.00 bits per heavy atom. The average molecular weight is 241 g/mol. The Balaban J connectivity index is 2.41. The molecule has 1 aromatic carbocycles. The molecule has 3 rings (SSSR count). The van der Waals surface area contributed by atoms with Crippen molar-refractivity contribution in [3.63, 3.8) is 0 Å². The van der Waals surface area contributed by atoms with Crippen molar-refractivity contribution in [2.75, 3.05) is 0 Å². The van der Waals surface area contributed by atoms with Crippen LogP contribution in [0.3, 0.4) is 0 Å². The quantitative estimate of drug-likeness (QED) is 0.659. The van der Waals surface area contributed by atoms with Gasteiger partial charge in [0.2, 0.25) is 0 Å². The number of carboxylic acid groups (broad SMARTS) is 1. The zero-order valence-corrected chi connectivity index (χ0v) is 9.08. The third kappa shape index (κ3) is 1.53. The fourth-order valence-electron chi connectivity index (χ4n) is 1.77. The Hall–Kier alpha value is -2.69. The van der Waals surface area contributed by atoms with Crippen molar-refractivity contribution in [2.24, 2.45) is 0 Å². The maximum atomic E-state index is 11.5. The summed E-state index contributed by atoms with van der Waals surface area (Å²) in [5, 5.41) is 8.88. The first-order valence-corrected chi connectivity index (χ1v) is 5.22. The van der Waals surface area contributed by atoms with Gasteiger partial charge < -0.3 is 9.52 Å². The summed E-state index contributed by atoms with van der Waals surface area (Å²) in [6.45, 7) is 0. The molecule has 1 aliphatic heterocycles. The lowest BCUT2D eigenvalue weighted by atomic mass is 10.1. The van der Waals surface area contributed by atoms with Crippen LogP contribution in [0.5, 0.6) is 0 Å². The predicted octanol–water partition coefficient (Wildman–Crippen LogP) is 1.99. The molecule has 18 heavy (non-hydrogen) atoms. The van der Waals surface area contributed by atoms with Crippen molar-refractivity contribution in [2.45, 2.75) is 0 Å². The van der Waals surface area contributed by atoms with Gasteiger partial charge in [0.05, 0.1) is 0 Å².